The number of hydrogen-bond acceptors (Lipinski definition) is 2. The molecule has 134 valence electrons. The summed E-state index contributed by atoms with van der Waals surface area (Å²) in [4.78, 5) is 3.26. The normalized spacial score (nSPS) is 17.2. The zero-order valence-corrected chi connectivity index (χ0v) is 17.2. The third kappa shape index (κ3) is 4.11. The number of benzene rings is 1. The van der Waals surface area contributed by atoms with Crippen molar-refractivity contribution >= 4 is 17.2 Å². The second-order valence-corrected chi connectivity index (χ2v) is 9.78. The molecule has 0 aromatic heterocycles. The van der Waals surface area contributed by atoms with Gasteiger partial charge in [-0.25, -0.2) is 0 Å². The first-order chi connectivity index (χ1) is 10.9. The van der Waals surface area contributed by atoms with Crippen LogP contribution in [0.25, 0.3) is 0 Å². The Balaban J connectivity index is 2.48. The van der Waals surface area contributed by atoms with Crippen LogP contribution in [0.4, 0.5) is 0 Å². The summed E-state index contributed by atoms with van der Waals surface area (Å²) in [5, 5.41) is 10.9. The van der Waals surface area contributed by atoms with Gasteiger partial charge in [0.1, 0.15) is 10.7 Å². The van der Waals surface area contributed by atoms with E-state index in [9.17, 15) is 5.11 Å². The minimum Gasteiger partial charge on any atom is -0.507 e. The maximum Gasteiger partial charge on any atom is 0.123 e. The monoisotopic (exact) mass is 347 g/mol. The molecule has 3 heteroatoms. The van der Waals surface area contributed by atoms with Crippen molar-refractivity contribution in [3.8, 4) is 5.75 Å². The van der Waals surface area contributed by atoms with Crippen LogP contribution in [0.5, 0.6) is 5.75 Å². The largest absolute Gasteiger partial charge is 0.507 e. The number of phenols is 1. The van der Waals surface area contributed by atoms with Crippen LogP contribution in [0, 0.1) is 5.92 Å². The lowest BCUT2D eigenvalue weighted by molar-refractivity contribution is 0.284. The number of likely N-dealkylation sites (tertiary alicyclic amines) is 1. The molecule has 1 fully saturated rings. The van der Waals surface area contributed by atoms with E-state index in [0.717, 1.165) is 40.7 Å². The van der Waals surface area contributed by atoms with Crippen molar-refractivity contribution < 1.29 is 5.11 Å². The van der Waals surface area contributed by atoms with Gasteiger partial charge in [-0.1, -0.05) is 60.7 Å². The van der Waals surface area contributed by atoms with Gasteiger partial charge in [-0.05, 0) is 41.7 Å². The predicted octanol–water partition coefficient (Wildman–Crippen LogP) is 5.39. The third-order valence-electron chi connectivity index (χ3n) is 5.04. The predicted molar refractivity (Wildman–Crippen MR) is 107 cm³/mol. The van der Waals surface area contributed by atoms with Gasteiger partial charge >= 0.3 is 0 Å². The maximum absolute atomic E-state index is 10.9. The molecule has 2 nitrogen and oxygen atoms in total. The summed E-state index contributed by atoms with van der Waals surface area (Å²) >= 11 is 5.83. The molecule has 0 radical (unpaired) electrons. The van der Waals surface area contributed by atoms with Crippen molar-refractivity contribution in [2.45, 2.75) is 72.1 Å². The molecule has 0 spiro atoms. The average Bonchev–Trinajstić information content (AvgIpc) is 2.45. The fraction of sp³-hybridized carbons (Fsp3) is 0.667. The molecule has 0 saturated carbocycles. The van der Waals surface area contributed by atoms with Crippen LogP contribution in [-0.2, 0) is 10.8 Å². The second-order valence-electron chi connectivity index (χ2n) is 9.39. The molecule has 24 heavy (non-hydrogen) atoms. The number of nitrogens with zero attached hydrogens (tertiary/aromatic N) is 1. The fourth-order valence-electron chi connectivity index (χ4n) is 3.30. The highest BCUT2D eigenvalue weighted by Gasteiger charge is 2.28. The van der Waals surface area contributed by atoms with Crippen LogP contribution in [0.3, 0.4) is 0 Å². The maximum atomic E-state index is 10.9. The number of aromatic hydroxyl groups is 1. The average molecular weight is 348 g/mol. The Morgan fingerprint density at radius 1 is 1.00 bits per heavy atom. The summed E-state index contributed by atoms with van der Waals surface area (Å²) < 4.78 is 0. The minimum absolute atomic E-state index is 0.119. The molecule has 0 amide bonds. The topological polar surface area (TPSA) is 23.5 Å². The Kier molecular flexibility index (Phi) is 5.34. The molecular formula is C21H33NOS. The molecule has 1 aliphatic rings. The summed E-state index contributed by atoms with van der Waals surface area (Å²) in [5.41, 5.74) is 2.81. The van der Waals surface area contributed by atoms with Gasteiger partial charge in [0.15, 0.2) is 0 Å². The number of rotatable bonds is 1. The zero-order chi connectivity index (χ0) is 18.3. The van der Waals surface area contributed by atoms with Crippen LogP contribution < -0.4 is 0 Å². The van der Waals surface area contributed by atoms with Gasteiger partial charge in [-0.3, -0.25) is 0 Å². The van der Waals surface area contributed by atoms with E-state index in [2.05, 4.69) is 65.5 Å². The van der Waals surface area contributed by atoms with Crippen LogP contribution in [0.15, 0.2) is 12.1 Å². The van der Waals surface area contributed by atoms with Gasteiger partial charge in [0.2, 0.25) is 0 Å². The molecule has 2 rings (SSSR count). The Bertz CT molecular complexity index is 579. The number of thiocarbonyl (C=S) groups is 1. The van der Waals surface area contributed by atoms with E-state index in [0.29, 0.717) is 5.75 Å². The second kappa shape index (κ2) is 6.67. The molecule has 0 atom stereocenters. The molecule has 0 bridgehead atoms. The van der Waals surface area contributed by atoms with Crippen LogP contribution >= 0.6 is 12.2 Å². The summed E-state index contributed by atoms with van der Waals surface area (Å²) in [5.74, 6) is 1.22. The molecule has 1 heterocycles. The van der Waals surface area contributed by atoms with Crippen molar-refractivity contribution in [3.05, 3.63) is 28.8 Å². The van der Waals surface area contributed by atoms with E-state index in [-0.39, 0.29) is 10.8 Å². The highest BCUT2D eigenvalue weighted by Crippen LogP contribution is 2.40. The Morgan fingerprint density at radius 3 is 1.79 bits per heavy atom. The molecule has 1 N–H and O–H groups in total. The molecular weight excluding hydrogens is 314 g/mol. The first-order valence-electron chi connectivity index (χ1n) is 9.08. The zero-order valence-electron chi connectivity index (χ0n) is 16.4. The Labute approximate surface area is 153 Å². The first-order valence-corrected chi connectivity index (χ1v) is 9.49. The molecule has 1 aromatic rings. The number of phenolic OH excluding ortho intramolecular Hbond substituents is 1. The van der Waals surface area contributed by atoms with Crippen LogP contribution in [0.1, 0.15) is 78.0 Å². The van der Waals surface area contributed by atoms with Crippen molar-refractivity contribution in [1.29, 1.82) is 0 Å². The third-order valence-corrected chi connectivity index (χ3v) is 5.54. The van der Waals surface area contributed by atoms with E-state index in [4.69, 9.17) is 12.2 Å². The highest BCUT2D eigenvalue weighted by atomic mass is 32.1. The lowest BCUT2D eigenvalue weighted by atomic mass is 9.78. The van der Waals surface area contributed by atoms with Gasteiger partial charge < -0.3 is 10.0 Å². The highest BCUT2D eigenvalue weighted by molar-refractivity contribution is 7.80. The molecule has 1 aromatic carbocycles. The molecule has 1 saturated heterocycles. The summed E-state index contributed by atoms with van der Waals surface area (Å²) in [6.07, 6.45) is 2.41. The van der Waals surface area contributed by atoms with Gasteiger partial charge in [0, 0.05) is 29.8 Å². The van der Waals surface area contributed by atoms with E-state index in [1.165, 1.54) is 12.8 Å². The first kappa shape index (κ1) is 19.2. The van der Waals surface area contributed by atoms with Crippen molar-refractivity contribution in [3.63, 3.8) is 0 Å². The van der Waals surface area contributed by atoms with E-state index >= 15 is 0 Å². The summed E-state index contributed by atoms with van der Waals surface area (Å²) in [6.45, 7) is 17.2. The van der Waals surface area contributed by atoms with Crippen LogP contribution in [-0.4, -0.2) is 28.1 Å². The van der Waals surface area contributed by atoms with E-state index < -0.39 is 0 Å². The fourth-order valence-corrected chi connectivity index (χ4v) is 3.60. The van der Waals surface area contributed by atoms with Crippen molar-refractivity contribution in [1.82, 2.24) is 4.90 Å². The van der Waals surface area contributed by atoms with Gasteiger partial charge in [0.25, 0.3) is 0 Å². The van der Waals surface area contributed by atoms with Crippen LogP contribution in [0.2, 0.25) is 0 Å². The van der Waals surface area contributed by atoms with Gasteiger partial charge in [-0.15, -0.1) is 0 Å². The smallest absolute Gasteiger partial charge is 0.123 e. The lowest BCUT2D eigenvalue weighted by Crippen LogP contribution is -2.37. The lowest BCUT2D eigenvalue weighted by Gasteiger charge is -2.34. The minimum atomic E-state index is -0.119. The SMILES string of the molecule is CC1CCN(C(=S)c2cc(C(C)(C)C)c(O)c(C(C)(C)C)c2)CC1. The number of piperidine rings is 1. The van der Waals surface area contributed by atoms with Crippen molar-refractivity contribution in [2.24, 2.45) is 5.92 Å². The van der Waals surface area contributed by atoms with Gasteiger partial charge in [0.05, 0.1) is 0 Å². The molecule has 1 aliphatic heterocycles. The number of hydrogen-bond donors (Lipinski definition) is 1. The van der Waals surface area contributed by atoms with E-state index in [1.807, 2.05) is 0 Å². The summed E-state index contributed by atoms with van der Waals surface area (Å²) in [6, 6.07) is 4.20. The molecule has 0 unspecified atom stereocenters. The molecule has 0 aliphatic carbocycles. The quantitative estimate of drug-likeness (QED) is 0.689. The Hall–Kier alpha value is -1.09. The standard InChI is InChI=1S/C21H33NOS/c1-14-8-10-22(11-9-14)19(24)15-12-16(20(2,3)4)18(23)17(13-15)21(5,6)7/h12-14,23H,8-11H2,1-7H3. The van der Waals surface area contributed by atoms with Gasteiger partial charge in [-0.2, -0.15) is 0 Å². The van der Waals surface area contributed by atoms with E-state index in [1.54, 1.807) is 0 Å². The summed E-state index contributed by atoms with van der Waals surface area (Å²) in [7, 11) is 0. The Morgan fingerprint density at radius 2 is 1.42 bits per heavy atom. The van der Waals surface area contributed by atoms with Crippen molar-refractivity contribution in [2.75, 3.05) is 13.1 Å².